The molecular weight excluding hydrogens is 632 g/mol. The van der Waals surface area contributed by atoms with E-state index in [2.05, 4.69) is 5.32 Å². The Labute approximate surface area is 261 Å². The topological polar surface area (TPSA) is 350 Å². The van der Waals surface area contributed by atoms with Crippen LogP contribution in [0.25, 0.3) is 0 Å². The Morgan fingerprint density at radius 3 is 1.76 bits per heavy atom. The van der Waals surface area contributed by atoms with Gasteiger partial charge in [-0.25, -0.2) is 0 Å². The molecule has 21 heteroatoms. The summed E-state index contributed by atoms with van der Waals surface area (Å²) < 4.78 is 32.8. The molecule has 3 heterocycles. The van der Waals surface area contributed by atoms with Gasteiger partial charge < -0.3 is 95.6 Å². The van der Waals surface area contributed by atoms with Gasteiger partial charge in [0.25, 0.3) is 0 Å². The van der Waals surface area contributed by atoms with E-state index < -0.39 is 130 Å². The molecule has 3 saturated heterocycles. The first-order valence-electron chi connectivity index (χ1n) is 14.5. The van der Waals surface area contributed by atoms with Crippen molar-refractivity contribution in [2.75, 3.05) is 33.0 Å². The fraction of sp³-hybridized carbons (Fsp3) is 0.920. The first-order valence-corrected chi connectivity index (χ1v) is 14.5. The summed E-state index contributed by atoms with van der Waals surface area (Å²) in [5.74, 6) is -1.97. The van der Waals surface area contributed by atoms with Crippen molar-refractivity contribution < 1.29 is 94.2 Å². The van der Waals surface area contributed by atoms with Gasteiger partial charge in [-0.2, -0.15) is 0 Å². The SMILES string of the molecule is NC(=O)CC[C@H](NCCO[C@H]1O[C@H](CO[C@H]2O[C@H](CO)[C@@H](O)[C@H](O)[C@@H]2O)[C@@H](O)[C@H](O[C@H]2O[C@H](CO)[C@@H](O)[C@H](O)[C@@H]2O)[C@@H]1O)C(=O)O. The Hall–Kier alpha value is -1.74. The predicted octanol–water partition coefficient (Wildman–Crippen LogP) is -8.24. The average Bonchev–Trinajstić information content (AvgIpc) is 3.02. The summed E-state index contributed by atoms with van der Waals surface area (Å²) in [6.07, 6.45) is -25.8. The summed E-state index contributed by atoms with van der Waals surface area (Å²) >= 11 is 0. The number of primary amides is 1. The van der Waals surface area contributed by atoms with Crippen molar-refractivity contribution in [3.63, 3.8) is 0 Å². The maximum absolute atomic E-state index is 11.5. The number of carboxylic acid groups (broad SMARTS) is 1. The minimum absolute atomic E-state index is 0.119. The van der Waals surface area contributed by atoms with Crippen LogP contribution in [-0.2, 0) is 38.0 Å². The molecule has 16 atom stereocenters. The predicted molar refractivity (Wildman–Crippen MR) is 143 cm³/mol. The summed E-state index contributed by atoms with van der Waals surface area (Å²) in [6, 6.07) is -1.17. The van der Waals surface area contributed by atoms with Crippen LogP contribution in [0.4, 0.5) is 0 Å². The summed E-state index contributed by atoms with van der Waals surface area (Å²) in [6.45, 7) is -2.66. The van der Waals surface area contributed by atoms with Gasteiger partial charge in [-0.1, -0.05) is 0 Å². The van der Waals surface area contributed by atoms with E-state index in [-0.39, 0.29) is 26.0 Å². The van der Waals surface area contributed by atoms with Crippen molar-refractivity contribution >= 4 is 11.9 Å². The first-order chi connectivity index (χ1) is 21.7. The van der Waals surface area contributed by atoms with Crippen LogP contribution >= 0.6 is 0 Å². The van der Waals surface area contributed by atoms with Crippen LogP contribution in [0, 0.1) is 0 Å². The molecule has 3 fully saturated rings. The third kappa shape index (κ3) is 9.45. The number of hydrogen-bond acceptors (Lipinski definition) is 19. The van der Waals surface area contributed by atoms with Crippen LogP contribution in [-0.4, -0.2) is 199 Å². The number of carbonyl (C=O) groups is 2. The molecular formula is C25H44N2O19. The minimum atomic E-state index is -1.92. The van der Waals surface area contributed by atoms with E-state index in [1.165, 1.54) is 0 Å². The maximum atomic E-state index is 11.5. The normalized spacial score (nSPS) is 42.4. The Morgan fingerprint density at radius 1 is 0.696 bits per heavy atom. The molecule has 14 N–H and O–H groups in total. The van der Waals surface area contributed by atoms with Crippen LogP contribution < -0.4 is 11.1 Å². The summed E-state index contributed by atoms with van der Waals surface area (Å²) in [4.78, 5) is 22.5. The molecule has 0 unspecified atom stereocenters. The second-order valence-corrected chi connectivity index (χ2v) is 11.1. The molecule has 0 spiro atoms. The van der Waals surface area contributed by atoms with Crippen molar-refractivity contribution in [2.45, 2.75) is 111 Å². The van der Waals surface area contributed by atoms with Gasteiger partial charge in [0.05, 0.1) is 26.4 Å². The van der Waals surface area contributed by atoms with E-state index in [9.17, 15) is 65.8 Å². The average molecular weight is 677 g/mol. The maximum Gasteiger partial charge on any atom is 0.320 e. The van der Waals surface area contributed by atoms with Crippen LogP contribution in [0.5, 0.6) is 0 Å². The molecule has 3 aliphatic rings. The highest BCUT2D eigenvalue weighted by Gasteiger charge is 2.52. The van der Waals surface area contributed by atoms with Crippen LogP contribution in [0.3, 0.4) is 0 Å². The Bertz CT molecular complexity index is 962. The van der Waals surface area contributed by atoms with E-state index in [1.807, 2.05) is 0 Å². The molecule has 3 rings (SSSR count). The van der Waals surface area contributed by atoms with Gasteiger partial charge in [0.1, 0.15) is 79.3 Å². The number of rotatable bonds is 16. The number of aliphatic hydroxyl groups is 10. The second kappa shape index (κ2) is 17.6. The van der Waals surface area contributed by atoms with E-state index >= 15 is 0 Å². The Morgan fingerprint density at radius 2 is 1.22 bits per heavy atom. The highest BCUT2D eigenvalue weighted by molar-refractivity contribution is 5.77. The first kappa shape index (κ1) is 38.7. The smallest absolute Gasteiger partial charge is 0.320 e. The lowest BCUT2D eigenvalue weighted by molar-refractivity contribution is -0.366. The van der Waals surface area contributed by atoms with E-state index in [4.69, 9.17) is 34.2 Å². The van der Waals surface area contributed by atoms with E-state index in [1.54, 1.807) is 0 Å². The monoisotopic (exact) mass is 676 g/mol. The molecule has 1 amide bonds. The largest absolute Gasteiger partial charge is 0.480 e. The van der Waals surface area contributed by atoms with Crippen LogP contribution in [0.1, 0.15) is 12.8 Å². The molecule has 268 valence electrons. The minimum Gasteiger partial charge on any atom is -0.480 e. The zero-order valence-corrected chi connectivity index (χ0v) is 24.5. The molecule has 21 nitrogen and oxygen atoms in total. The quantitative estimate of drug-likeness (QED) is 0.0675. The third-order valence-electron chi connectivity index (χ3n) is 7.81. The second-order valence-electron chi connectivity index (χ2n) is 11.1. The van der Waals surface area contributed by atoms with E-state index in [0.29, 0.717) is 0 Å². The molecule has 0 saturated carbocycles. The van der Waals surface area contributed by atoms with Crippen molar-refractivity contribution in [1.82, 2.24) is 5.32 Å². The van der Waals surface area contributed by atoms with Gasteiger partial charge in [0, 0.05) is 13.0 Å². The standard InChI is InChI=1S/C25H44N2O19/c26-12(30)2-1-8(22(39)40)27-3-4-41-24-20(38)21(46-25-19(37)17(35)14(32)10(6-29)44-25)15(33)11(45-24)7-42-23-18(36)16(34)13(31)9(5-28)43-23/h8-11,13-21,23-25,27-29,31-38H,1-7H2,(H2,26,30)(H,39,40)/t8-,9+,10+,11+,13+,14+,15+,16-,17-,18-,19-,20-,21-,23-,24-,25+/m0/s1. The molecule has 0 aliphatic carbocycles. The highest BCUT2D eigenvalue weighted by Crippen LogP contribution is 2.31. The number of nitrogens with one attached hydrogen (secondary N) is 1. The van der Waals surface area contributed by atoms with Gasteiger partial charge in [-0.3, -0.25) is 9.59 Å². The highest BCUT2D eigenvalue weighted by atomic mass is 16.7. The van der Waals surface area contributed by atoms with Gasteiger partial charge in [0.2, 0.25) is 5.91 Å². The number of ether oxygens (including phenoxy) is 6. The molecule has 46 heavy (non-hydrogen) atoms. The number of hydrogen-bond donors (Lipinski definition) is 13. The van der Waals surface area contributed by atoms with E-state index in [0.717, 1.165) is 0 Å². The van der Waals surface area contributed by atoms with Gasteiger partial charge in [-0.15, -0.1) is 0 Å². The lowest BCUT2D eigenvalue weighted by atomic mass is 9.96. The lowest BCUT2D eigenvalue weighted by Crippen LogP contribution is -2.65. The molecule has 0 aromatic heterocycles. The summed E-state index contributed by atoms with van der Waals surface area (Å²) in [7, 11) is 0. The third-order valence-corrected chi connectivity index (χ3v) is 7.81. The number of aliphatic hydroxyl groups excluding tert-OH is 10. The van der Waals surface area contributed by atoms with Crippen molar-refractivity contribution in [1.29, 1.82) is 0 Å². The molecule has 0 aromatic rings. The number of aliphatic carboxylic acids is 1. The summed E-state index contributed by atoms with van der Waals surface area (Å²) in [5.41, 5.74) is 5.07. The zero-order chi connectivity index (χ0) is 34.3. The number of amides is 1. The zero-order valence-electron chi connectivity index (χ0n) is 24.5. The Balaban J connectivity index is 1.73. The van der Waals surface area contributed by atoms with Crippen molar-refractivity contribution in [2.24, 2.45) is 5.73 Å². The number of carboxylic acids is 1. The molecule has 0 aromatic carbocycles. The van der Waals surface area contributed by atoms with Gasteiger partial charge in [-0.05, 0) is 6.42 Å². The lowest BCUT2D eigenvalue weighted by Gasteiger charge is -2.46. The number of carbonyl (C=O) groups excluding carboxylic acids is 1. The number of nitrogens with two attached hydrogens (primary N) is 1. The Kier molecular flexibility index (Phi) is 14.8. The fourth-order valence-electron chi connectivity index (χ4n) is 5.08. The van der Waals surface area contributed by atoms with Gasteiger partial charge in [0.15, 0.2) is 18.9 Å². The van der Waals surface area contributed by atoms with Crippen molar-refractivity contribution in [3.8, 4) is 0 Å². The summed E-state index contributed by atoms with van der Waals surface area (Å²) in [5, 5.41) is 114. The van der Waals surface area contributed by atoms with Crippen LogP contribution in [0.15, 0.2) is 0 Å². The molecule has 0 bridgehead atoms. The fourth-order valence-corrected chi connectivity index (χ4v) is 5.08. The van der Waals surface area contributed by atoms with Crippen LogP contribution in [0.2, 0.25) is 0 Å². The molecule has 3 aliphatic heterocycles. The van der Waals surface area contributed by atoms with Crippen molar-refractivity contribution in [3.05, 3.63) is 0 Å². The van der Waals surface area contributed by atoms with Gasteiger partial charge >= 0.3 is 5.97 Å². The molecule has 0 radical (unpaired) electrons.